The summed E-state index contributed by atoms with van der Waals surface area (Å²) in [4.78, 5) is 2.54. The number of hydrogen-bond acceptors (Lipinski definition) is 3. The second-order valence-corrected chi connectivity index (χ2v) is 5.57. The average Bonchev–Trinajstić information content (AvgIpc) is 2.98. The molecule has 16 heavy (non-hydrogen) atoms. The zero-order chi connectivity index (χ0) is 11.6. The molecule has 2 N–H and O–H groups in total. The lowest BCUT2D eigenvalue weighted by Crippen LogP contribution is -2.54. The topological polar surface area (TPSA) is 38.5 Å². The maximum atomic E-state index is 6.07. The molecule has 1 heterocycles. The molecule has 0 radical (unpaired) electrons. The molecule has 3 nitrogen and oxygen atoms in total. The Labute approximate surface area is 99.3 Å². The molecule has 3 heteroatoms. The van der Waals surface area contributed by atoms with Gasteiger partial charge in [0.15, 0.2) is 0 Å². The van der Waals surface area contributed by atoms with Crippen LogP contribution in [0.1, 0.15) is 39.0 Å². The number of rotatable bonds is 4. The predicted molar refractivity (Wildman–Crippen MR) is 66.4 cm³/mol. The van der Waals surface area contributed by atoms with Gasteiger partial charge >= 0.3 is 0 Å². The maximum Gasteiger partial charge on any atom is 0.0622 e. The third-order valence-corrected chi connectivity index (χ3v) is 4.85. The first kappa shape index (κ1) is 12.3. The van der Waals surface area contributed by atoms with Gasteiger partial charge in [-0.3, -0.25) is 4.90 Å². The molecule has 0 aromatic carbocycles. The number of nitrogens with two attached hydrogens (primary N) is 1. The lowest BCUT2D eigenvalue weighted by Gasteiger charge is -2.41. The van der Waals surface area contributed by atoms with E-state index in [9.17, 15) is 0 Å². The molecule has 3 atom stereocenters. The summed E-state index contributed by atoms with van der Waals surface area (Å²) in [6, 6.07) is 0.596. The Kier molecular flexibility index (Phi) is 3.88. The van der Waals surface area contributed by atoms with Gasteiger partial charge in [0.05, 0.1) is 6.61 Å². The Morgan fingerprint density at radius 2 is 2.25 bits per heavy atom. The zero-order valence-electron chi connectivity index (χ0n) is 10.7. The quantitative estimate of drug-likeness (QED) is 0.791. The predicted octanol–water partition coefficient (Wildman–Crippen LogP) is 1.61. The Morgan fingerprint density at radius 3 is 2.75 bits per heavy atom. The van der Waals surface area contributed by atoms with Gasteiger partial charge in [-0.25, -0.2) is 0 Å². The smallest absolute Gasteiger partial charge is 0.0622 e. The monoisotopic (exact) mass is 226 g/mol. The lowest BCUT2D eigenvalue weighted by molar-refractivity contribution is 0.0670. The lowest BCUT2D eigenvalue weighted by atomic mass is 9.91. The SMILES string of the molecule is CCC1CCC(CN)(N(C)C2CCOC2)C1. The molecule has 0 aromatic heterocycles. The van der Waals surface area contributed by atoms with Crippen molar-refractivity contribution in [2.45, 2.75) is 50.6 Å². The van der Waals surface area contributed by atoms with Gasteiger partial charge in [-0.2, -0.15) is 0 Å². The van der Waals surface area contributed by atoms with E-state index in [1.165, 1.54) is 32.1 Å². The maximum absolute atomic E-state index is 6.07. The summed E-state index contributed by atoms with van der Waals surface area (Å²) >= 11 is 0. The summed E-state index contributed by atoms with van der Waals surface area (Å²) in [7, 11) is 2.25. The van der Waals surface area contributed by atoms with Crippen molar-refractivity contribution in [3.63, 3.8) is 0 Å². The molecular weight excluding hydrogens is 200 g/mol. The summed E-state index contributed by atoms with van der Waals surface area (Å²) in [5.74, 6) is 0.883. The highest BCUT2D eigenvalue weighted by atomic mass is 16.5. The van der Waals surface area contributed by atoms with Crippen molar-refractivity contribution in [3.8, 4) is 0 Å². The molecule has 0 aromatic rings. The number of hydrogen-bond donors (Lipinski definition) is 1. The van der Waals surface area contributed by atoms with Crippen LogP contribution in [0.25, 0.3) is 0 Å². The third kappa shape index (κ3) is 2.13. The molecule has 2 fully saturated rings. The number of nitrogens with zero attached hydrogens (tertiary/aromatic N) is 1. The van der Waals surface area contributed by atoms with Crippen molar-refractivity contribution in [2.75, 3.05) is 26.8 Å². The standard InChI is InChI=1S/C13H26N2O/c1-3-11-4-6-13(8-11,10-14)15(2)12-5-7-16-9-12/h11-12H,3-10,14H2,1-2H3. The van der Waals surface area contributed by atoms with Gasteiger partial charge in [0.25, 0.3) is 0 Å². The van der Waals surface area contributed by atoms with Crippen molar-refractivity contribution in [1.82, 2.24) is 4.90 Å². The fourth-order valence-electron chi connectivity index (χ4n) is 3.43. The number of ether oxygens (including phenoxy) is 1. The first-order valence-corrected chi connectivity index (χ1v) is 6.72. The number of likely N-dealkylation sites (N-methyl/N-ethyl adjacent to an activating group) is 1. The van der Waals surface area contributed by atoms with Crippen molar-refractivity contribution < 1.29 is 4.74 Å². The van der Waals surface area contributed by atoms with E-state index in [1.807, 2.05) is 0 Å². The molecule has 1 saturated carbocycles. The Hall–Kier alpha value is -0.120. The second-order valence-electron chi connectivity index (χ2n) is 5.57. The molecule has 0 bridgehead atoms. The zero-order valence-corrected chi connectivity index (χ0v) is 10.7. The molecule has 1 saturated heterocycles. The molecule has 0 amide bonds. The van der Waals surface area contributed by atoms with Gasteiger partial charge in [-0.1, -0.05) is 13.3 Å². The van der Waals surface area contributed by atoms with Crippen LogP contribution in [0.2, 0.25) is 0 Å². The first-order chi connectivity index (χ1) is 7.72. The summed E-state index contributed by atoms with van der Waals surface area (Å²) in [5.41, 5.74) is 6.33. The van der Waals surface area contributed by atoms with E-state index in [4.69, 9.17) is 10.5 Å². The van der Waals surface area contributed by atoms with E-state index in [0.29, 0.717) is 6.04 Å². The van der Waals surface area contributed by atoms with Gasteiger partial charge in [0.2, 0.25) is 0 Å². The molecule has 3 unspecified atom stereocenters. The van der Waals surface area contributed by atoms with Crippen LogP contribution in [-0.2, 0) is 4.74 Å². The van der Waals surface area contributed by atoms with Crippen LogP contribution in [0.15, 0.2) is 0 Å². The van der Waals surface area contributed by atoms with Crippen LogP contribution in [0.5, 0.6) is 0 Å². The van der Waals surface area contributed by atoms with E-state index in [0.717, 1.165) is 25.7 Å². The molecule has 2 aliphatic rings. The van der Waals surface area contributed by atoms with E-state index in [2.05, 4.69) is 18.9 Å². The Bertz CT molecular complexity index is 228. The van der Waals surface area contributed by atoms with E-state index in [-0.39, 0.29) is 5.54 Å². The van der Waals surface area contributed by atoms with Crippen molar-refractivity contribution in [2.24, 2.45) is 11.7 Å². The first-order valence-electron chi connectivity index (χ1n) is 6.72. The Morgan fingerprint density at radius 1 is 1.44 bits per heavy atom. The van der Waals surface area contributed by atoms with Gasteiger partial charge in [-0.05, 0) is 38.6 Å². The van der Waals surface area contributed by atoms with Crippen LogP contribution in [0.4, 0.5) is 0 Å². The minimum Gasteiger partial charge on any atom is -0.380 e. The molecule has 0 spiro atoms. The highest BCUT2D eigenvalue weighted by Crippen LogP contribution is 2.40. The molecule has 2 rings (SSSR count). The molecule has 1 aliphatic heterocycles. The van der Waals surface area contributed by atoms with Crippen LogP contribution in [0.3, 0.4) is 0 Å². The normalized spacial score (nSPS) is 39.8. The summed E-state index contributed by atoms with van der Waals surface area (Å²) in [5, 5.41) is 0. The van der Waals surface area contributed by atoms with Gasteiger partial charge in [0, 0.05) is 24.7 Å². The fourth-order valence-corrected chi connectivity index (χ4v) is 3.43. The average molecular weight is 226 g/mol. The van der Waals surface area contributed by atoms with E-state index in [1.54, 1.807) is 0 Å². The molecule has 94 valence electrons. The van der Waals surface area contributed by atoms with Crippen LogP contribution < -0.4 is 5.73 Å². The minimum absolute atomic E-state index is 0.263. The summed E-state index contributed by atoms with van der Waals surface area (Å²) < 4.78 is 5.50. The Balaban J connectivity index is 2.03. The van der Waals surface area contributed by atoms with E-state index < -0.39 is 0 Å². The van der Waals surface area contributed by atoms with Crippen molar-refractivity contribution in [3.05, 3.63) is 0 Å². The van der Waals surface area contributed by atoms with Crippen molar-refractivity contribution >= 4 is 0 Å². The largest absolute Gasteiger partial charge is 0.380 e. The minimum atomic E-state index is 0.263. The molecule has 1 aliphatic carbocycles. The highest BCUT2D eigenvalue weighted by molar-refractivity contribution is 5.00. The van der Waals surface area contributed by atoms with Gasteiger partial charge in [0.1, 0.15) is 0 Å². The third-order valence-electron chi connectivity index (χ3n) is 4.85. The van der Waals surface area contributed by atoms with E-state index >= 15 is 0 Å². The van der Waals surface area contributed by atoms with Crippen molar-refractivity contribution in [1.29, 1.82) is 0 Å². The second kappa shape index (κ2) is 5.03. The van der Waals surface area contributed by atoms with Crippen LogP contribution in [0, 0.1) is 5.92 Å². The van der Waals surface area contributed by atoms with Crippen LogP contribution >= 0.6 is 0 Å². The van der Waals surface area contributed by atoms with Gasteiger partial charge < -0.3 is 10.5 Å². The molecular formula is C13H26N2O. The fraction of sp³-hybridized carbons (Fsp3) is 1.00. The van der Waals surface area contributed by atoms with Crippen LogP contribution in [-0.4, -0.2) is 43.3 Å². The highest BCUT2D eigenvalue weighted by Gasteiger charge is 2.43. The summed E-state index contributed by atoms with van der Waals surface area (Å²) in [6.45, 7) is 4.92. The summed E-state index contributed by atoms with van der Waals surface area (Å²) in [6.07, 6.45) is 6.39. The van der Waals surface area contributed by atoms with Gasteiger partial charge in [-0.15, -0.1) is 0 Å².